The van der Waals surface area contributed by atoms with Gasteiger partial charge in [-0.05, 0) is 60.0 Å². The number of fused-ring (bicyclic) bond motifs is 1. The Hall–Kier alpha value is -3.28. The van der Waals surface area contributed by atoms with Crippen molar-refractivity contribution >= 4 is 23.1 Å². The SMILES string of the molecule is C=C(C)COC(=O)Oc1ccc2ccc(OC(=O)OCC(=C)C)cc2c1. The van der Waals surface area contributed by atoms with E-state index < -0.39 is 12.3 Å². The smallest absolute Gasteiger partial charge is 0.429 e. The highest BCUT2D eigenvalue weighted by Crippen LogP contribution is 2.25. The summed E-state index contributed by atoms with van der Waals surface area (Å²) in [5.74, 6) is 0.623. The van der Waals surface area contributed by atoms with Crippen LogP contribution in [-0.4, -0.2) is 25.5 Å². The molecule has 0 saturated heterocycles. The van der Waals surface area contributed by atoms with Crippen molar-refractivity contribution in [2.75, 3.05) is 13.2 Å². The molecule has 0 aliphatic rings. The molecule has 0 amide bonds. The Morgan fingerprint density at radius 2 is 1.19 bits per heavy atom. The predicted molar refractivity (Wildman–Crippen MR) is 97.5 cm³/mol. The number of carbonyl (C=O) groups is 2. The highest BCUT2D eigenvalue weighted by molar-refractivity contribution is 5.86. The van der Waals surface area contributed by atoms with Crippen LogP contribution < -0.4 is 9.47 Å². The minimum atomic E-state index is -0.817. The first-order chi connectivity index (χ1) is 12.3. The second-order valence-corrected chi connectivity index (χ2v) is 5.87. The van der Waals surface area contributed by atoms with Crippen molar-refractivity contribution in [1.82, 2.24) is 0 Å². The number of carbonyl (C=O) groups excluding carboxylic acids is 2. The summed E-state index contributed by atoms with van der Waals surface area (Å²) >= 11 is 0. The summed E-state index contributed by atoms with van der Waals surface area (Å²) < 4.78 is 20.0. The highest BCUT2D eigenvalue weighted by Gasteiger charge is 2.09. The first-order valence-electron chi connectivity index (χ1n) is 7.85. The quantitative estimate of drug-likeness (QED) is 0.411. The minimum absolute atomic E-state index is 0.0939. The molecule has 0 aromatic heterocycles. The number of rotatable bonds is 6. The Morgan fingerprint density at radius 3 is 1.58 bits per heavy atom. The van der Waals surface area contributed by atoms with E-state index in [2.05, 4.69) is 13.2 Å². The van der Waals surface area contributed by atoms with Gasteiger partial charge in [0.15, 0.2) is 0 Å². The summed E-state index contributed by atoms with van der Waals surface area (Å²) in [5, 5.41) is 1.61. The lowest BCUT2D eigenvalue weighted by Crippen LogP contribution is -2.12. The maximum Gasteiger partial charge on any atom is 0.514 e. The molecule has 0 radical (unpaired) electrons. The molecule has 0 unspecified atom stereocenters. The molecule has 136 valence electrons. The Morgan fingerprint density at radius 1 is 0.769 bits per heavy atom. The maximum absolute atomic E-state index is 11.6. The van der Waals surface area contributed by atoms with Crippen molar-refractivity contribution in [3.8, 4) is 11.5 Å². The molecule has 0 bridgehead atoms. The number of benzene rings is 2. The van der Waals surface area contributed by atoms with Gasteiger partial charge in [-0.15, -0.1) is 0 Å². The zero-order valence-electron chi connectivity index (χ0n) is 14.7. The fourth-order valence-electron chi connectivity index (χ4n) is 1.95. The topological polar surface area (TPSA) is 71.1 Å². The zero-order chi connectivity index (χ0) is 19.1. The third kappa shape index (κ3) is 5.98. The number of hydrogen-bond donors (Lipinski definition) is 0. The van der Waals surface area contributed by atoms with Crippen molar-refractivity contribution in [3.63, 3.8) is 0 Å². The van der Waals surface area contributed by atoms with Gasteiger partial charge in [0.2, 0.25) is 0 Å². The van der Waals surface area contributed by atoms with Crippen LogP contribution in [0.5, 0.6) is 11.5 Å². The van der Waals surface area contributed by atoms with Crippen LogP contribution in [-0.2, 0) is 9.47 Å². The van der Waals surface area contributed by atoms with Gasteiger partial charge in [0, 0.05) is 0 Å². The summed E-state index contributed by atoms with van der Waals surface area (Å²) in [4.78, 5) is 23.2. The second-order valence-electron chi connectivity index (χ2n) is 5.87. The molecule has 26 heavy (non-hydrogen) atoms. The molecular weight excluding hydrogens is 336 g/mol. The van der Waals surface area contributed by atoms with Crippen LogP contribution in [0.4, 0.5) is 9.59 Å². The van der Waals surface area contributed by atoms with Gasteiger partial charge in [-0.2, -0.15) is 0 Å². The summed E-state index contributed by atoms with van der Waals surface area (Å²) in [5.41, 5.74) is 1.42. The van der Waals surface area contributed by atoms with Gasteiger partial charge >= 0.3 is 12.3 Å². The first kappa shape index (κ1) is 19.1. The first-order valence-corrected chi connectivity index (χ1v) is 7.85. The molecule has 0 atom stereocenters. The van der Waals surface area contributed by atoms with Crippen LogP contribution in [0.15, 0.2) is 60.7 Å². The fraction of sp³-hybridized carbons (Fsp3) is 0.200. The summed E-state index contributed by atoms with van der Waals surface area (Å²) in [6.45, 7) is 11.0. The third-order valence-corrected chi connectivity index (χ3v) is 3.06. The van der Waals surface area contributed by atoms with Crippen molar-refractivity contribution in [3.05, 3.63) is 60.7 Å². The van der Waals surface area contributed by atoms with E-state index in [1.54, 1.807) is 50.2 Å². The van der Waals surface area contributed by atoms with E-state index >= 15 is 0 Å². The van der Waals surface area contributed by atoms with Crippen LogP contribution >= 0.6 is 0 Å². The Balaban J connectivity index is 2.07. The van der Waals surface area contributed by atoms with Gasteiger partial charge in [0.1, 0.15) is 24.7 Å². The zero-order valence-corrected chi connectivity index (χ0v) is 14.7. The molecule has 2 aromatic rings. The van der Waals surface area contributed by atoms with Gasteiger partial charge in [0.05, 0.1) is 0 Å². The van der Waals surface area contributed by atoms with E-state index in [0.717, 1.165) is 10.8 Å². The summed E-state index contributed by atoms with van der Waals surface area (Å²) in [6.07, 6.45) is -1.63. The summed E-state index contributed by atoms with van der Waals surface area (Å²) in [7, 11) is 0. The monoisotopic (exact) mass is 356 g/mol. The summed E-state index contributed by atoms with van der Waals surface area (Å²) in [6, 6.07) is 10.1. The highest BCUT2D eigenvalue weighted by atomic mass is 16.7. The molecule has 0 N–H and O–H groups in total. The van der Waals surface area contributed by atoms with Gasteiger partial charge in [-0.3, -0.25) is 0 Å². The maximum atomic E-state index is 11.6. The largest absolute Gasteiger partial charge is 0.514 e. The lowest BCUT2D eigenvalue weighted by Gasteiger charge is -2.08. The molecule has 0 fully saturated rings. The standard InChI is InChI=1S/C20H20O6/c1-13(2)11-23-19(21)25-17-7-5-15-6-8-18(10-16(15)9-17)26-20(22)24-12-14(3)4/h5-10H,1,3,11-12H2,2,4H3. The Kier molecular flexibility index (Phi) is 6.38. The third-order valence-electron chi connectivity index (χ3n) is 3.06. The van der Waals surface area contributed by atoms with E-state index in [9.17, 15) is 9.59 Å². The molecule has 2 aromatic carbocycles. The fourth-order valence-corrected chi connectivity index (χ4v) is 1.95. The van der Waals surface area contributed by atoms with Crippen molar-refractivity contribution < 1.29 is 28.5 Å². The lowest BCUT2D eigenvalue weighted by molar-refractivity contribution is 0.106. The van der Waals surface area contributed by atoms with E-state index in [1.165, 1.54) is 0 Å². The normalized spacial score (nSPS) is 10.1. The number of hydrogen-bond acceptors (Lipinski definition) is 6. The average molecular weight is 356 g/mol. The van der Waals surface area contributed by atoms with Crippen LogP contribution in [0.3, 0.4) is 0 Å². The molecule has 0 aliphatic carbocycles. The lowest BCUT2D eigenvalue weighted by atomic mass is 10.1. The minimum Gasteiger partial charge on any atom is -0.429 e. The van der Waals surface area contributed by atoms with Crippen molar-refractivity contribution in [1.29, 1.82) is 0 Å². The van der Waals surface area contributed by atoms with Gasteiger partial charge < -0.3 is 18.9 Å². The van der Waals surface area contributed by atoms with Crippen LogP contribution in [0.1, 0.15) is 13.8 Å². The predicted octanol–water partition coefficient (Wildman–Crippen LogP) is 5.02. The molecule has 0 heterocycles. The van der Waals surface area contributed by atoms with Gasteiger partial charge in [-0.1, -0.05) is 25.3 Å². The van der Waals surface area contributed by atoms with E-state index in [0.29, 0.717) is 22.6 Å². The van der Waals surface area contributed by atoms with Crippen molar-refractivity contribution in [2.45, 2.75) is 13.8 Å². The number of ether oxygens (including phenoxy) is 4. The van der Waals surface area contributed by atoms with Crippen LogP contribution in [0.25, 0.3) is 10.8 Å². The second kappa shape index (κ2) is 8.71. The average Bonchev–Trinajstić information content (AvgIpc) is 2.58. The Bertz CT molecular complexity index is 786. The van der Waals surface area contributed by atoms with Crippen molar-refractivity contribution in [2.24, 2.45) is 0 Å². The molecule has 0 spiro atoms. The molecular formula is C20H20O6. The van der Waals surface area contributed by atoms with E-state index in [1.807, 2.05) is 0 Å². The Labute approximate surface area is 151 Å². The molecule has 0 saturated carbocycles. The van der Waals surface area contributed by atoms with Gasteiger partial charge in [0.25, 0.3) is 0 Å². The molecule has 0 aliphatic heterocycles. The molecule has 6 nitrogen and oxygen atoms in total. The van der Waals surface area contributed by atoms with E-state index in [4.69, 9.17) is 18.9 Å². The molecule has 2 rings (SSSR count). The van der Waals surface area contributed by atoms with Crippen LogP contribution in [0.2, 0.25) is 0 Å². The molecule has 6 heteroatoms. The van der Waals surface area contributed by atoms with E-state index in [-0.39, 0.29) is 13.2 Å². The van der Waals surface area contributed by atoms with Crippen LogP contribution in [0, 0.1) is 0 Å². The van der Waals surface area contributed by atoms with Gasteiger partial charge in [-0.25, -0.2) is 9.59 Å².